The molecule has 0 unspecified atom stereocenters. The summed E-state index contributed by atoms with van der Waals surface area (Å²) in [5, 5.41) is 11.0. The number of anilines is 1. The van der Waals surface area contributed by atoms with Crippen LogP contribution in [0.3, 0.4) is 0 Å². The summed E-state index contributed by atoms with van der Waals surface area (Å²) in [5.41, 5.74) is 3.60. The Hall–Kier alpha value is -3.48. The van der Waals surface area contributed by atoms with Gasteiger partial charge in [-0.1, -0.05) is 31.2 Å². The molecule has 27 heavy (non-hydrogen) atoms. The molecular formula is C20H20N6O. The van der Waals surface area contributed by atoms with Crippen molar-refractivity contribution >= 4 is 22.6 Å². The highest BCUT2D eigenvalue weighted by molar-refractivity contribution is 5.93. The second kappa shape index (κ2) is 7.03. The highest BCUT2D eigenvalue weighted by atomic mass is 16.1. The molecule has 0 aliphatic rings. The second-order valence-corrected chi connectivity index (χ2v) is 6.62. The van der Waals surface area contributed by atoms with E-state index in [-0.39, 0.29) is 11.8 Å². The van der Waals surface area contributed by atoms with E-state index in [2.05, 4.69) is 20.5 Å². The number of amides is 1. The molecule has 2 heterocycles. The van der Waals surface area contributed by atoms with Crippen molar-refractivity contribution < 1.29 is 4.79 Å². The van der Waals surface area contributed by atoms with Gasteiger partial charge in [0.05, 0.1) is 23.3 Å². The van der Waals surface area contributed by atoms with Gasteiger partial charge in [-0.15, -0.1) is 10.2 Å². The van der Waals surface area contributed by atoms with Crippen LogP contribution in [0, 0.1) is 5.92 Å². The van der Waals surface area contributed by atoms with Gasteiger partial charge >= 0.3 is 0 Å². The number of aromatic nitrogens is 5. The fourth-order valence-corrected chi connectivity index (χ4v) is 3.08. The molecule has 2 aromatic heterocycles. The van der Waals surface area contributed by atoms with Crippen LogP contribution in [-0.4, -0.2) is 30.2 Å². The molecule has 0 bridgehead atoms. The third-order valence-electron chi connectivity index (χ3n) is 4.55. The highest BCUT2D eigenvalue weighted by Crippen LogP contribution is 2.21. The fraction of sp³-hybridized carbons (Fsp3) is 0.200. The first-order valence-electron chi connectivity index (χ1n) is 8.77. The Labute approximate surface area is 156 Å². The molecule has 7 heteroatoms. The number of nitrogens with one attached hydrogen (secondary N) is 1. The van der Waals surface area contributed by atoms with Gasteiger partial charge in [0.1, 0.15) is 6.33 Å². The van der Waals surface area contributed by atoms with Gasteiger partial charge in [0.2, 0.25) is 5.91 Å². The van der Waals surface area contributed by atoms with Crippen LogP contribution < -0.4 is 5.32 Å². The molecule has 0 fully saturated rings. The standard InChI is InChI=1S/C20H20N6O/c1-14(11-26-12-21-17-8-3-4-9-18(17)26)20(27)23-16-7-5-6-15(10-16)19-24-22-13-25(19)2/h3-10,12-14H,11H2,1-2H3,(H,23,27)/t14-/m1/s1. The topological polar surface area (TPSA) is 77.6 Å². The molecule has 0 aliphatic heterocycles. The fourth-order valence-electron chi connectivity index (χ4n) is 3.08. The lowest BCUT2D eigenvalue weighted by Crippen LogP contribution is -2.24. The quantitative estimate of drug-likeness (QED) is 0.593. The van der Waals surface area contributed by atoms with Crippen molar-refractivity contribution in [3.8, 4) is 11.4 Å². The van der Waals surface area contributed by atoms with Crippen LogP contribution in [0.1, 0.15) is 6.92 Å². The Morgan fingerprint density at radius 1 is 1.15 bits per heavy atom. The van der Waals surface area contributed by atoms with Crippen molar-refractivity contribution in [2.45, 2.75) is 13.5 Å². The molecule has 7 nitrogen and oxygen atoms in total. The summed E-state index contributed by atoms with van der Waals surface area (Å²) in [6, 6.07) is 15.5. The van der Waals surface area contributed by atoms with Gasteiger partial charge in [0.15, 0.2) is 5.82 Å². The van der Waals surface area contributed by atoms with E-state index in [1.165, 1.54) is 0 Å². The maximum atomic E-state index is 12.7. The van der Waals surface area contributed by atoms with Gasteiger partial charge in [-0.25, -0.2) is 4.98 Å². The number of benzene rings is 2. The monoisotopic (exact) mass is 360 g/mol. The summed E-state index contributed by atoms with van der Waals surface area (Å²) in [6.45, 7) is 2.48. The zero-order chi connectivity index (χ0) is 18.8. The molecule has 0 saturated carbocycles. The lowest BCUT2D eigenvalue weighted by molar-refractivity contribution is -0.119. The number of para-hydroxylation sites is 2. The third kappa shape index (κ3) is 3.44. The number of aryl methyl sites for hydroxylation is 1. The van der Waals surface area contributed by atoms with Crippen molar-refractivity contribution in [3.63, 3.8) is 0 Å². The van der Waals surface area contributed by atoms with Crippen molar-refractivity contribution in [2.24, 2.45) is 13.0 Å². The Balaban J connectivity index is 1.48. The second-order valence-electron chi connectivity index (χ2n) is 6.62. The molecule has 2 aromatic carbocycles. The number of rotatable bonds is 5. The van der Waals surface area contributed by atoms with Crippen LogP contribution in [0.2, 0.25) is 0 Å². The molecule has 0 spiro atoms. The van der Waals surface area contributed by atoms with Crippen LogP contribution in [-0.2, 0) is 18.4 Å². The summed E-state index contributed by atoms with van der Waals surface area (Å²) in [4.78, 5) is 17.0. The molecule has 4 rings (SSSR count). The van der Waals surface area contributed by atoms with E-state index < -0.39 is 0 Å². The third-order valence-corrected chi connectivity index (χ3v) is 4.55. The smallest absolute Gasteiger partial charge is 0.229 e. The Morgan fingerprint density at radius 2 is 2.00 bits per heavy atom. The van der Waals surface area contributed by atoms with Crippen LogP contribution >= 0.6 is 0 Å². The van der Waals surface area contributed by atoms with Crippen LogP contribution in [0.25, 0.3) is 22.4 Å². The molecular weight excluding hydrogens is 340 g/mol. The van der Waals surface area contributed by atoms with Crippen LogP contribution in [0.5, 0.6) is 0 Å². The number of carbonyl (C=O) groups is 1. The molecule has 1 atom stereocenters. The van der Waals surface area contributed by atoms with Crippen molar-refractivity contribution in [1.29, 1.82) is 0 Å². The molecule has 0 aliphatic carbocycles. The Bertz CT molecular complexity index is 1100. The number of hydrogen-bond donors (Lipinski definition) is 1. The summed E-state index contributed by atoms with van der Waals surface area (Å²) in [7, 11) is 1.89. The molecule has 1 amide bonds. The SMILES string of the molecule is C[C@H](Cn1cnc2ccccc21)C(=O)Nc1cccc(-c2nncn2C)c1. The number of imidazole rings is 1. The summed E-state index contributed by atoms with van der Waals surface area (Å²) >= 11 is 0. The average molecular weight is 360 g/mol. The normalized spacial score (nSPS) is 12.2. The van der Waals surface area contributed by atoms with Gasteiger partial charge < -0.3 is 14.5 Å². The minimum Gasteiger partial charge on any atom is -0.330 e. The molecule has 136 valence electrons. The van der Waals surface area contributed by atoms with E-state index >= 15 is 0 Å². The zero-order valence-electron chi connectivity index (χ0n) is 15.2. The van der Waals surface area contributed by atoms with Gasteiger partial charge in [-0.3, -0.25) is 4.79 Å². The number of nitrogens with zero attached hydrogens (tertiary/aromatic N) is 5. The first-order chi connectivity index (χ1) is 13.1. The molecule has 0 radical (unpaired) electrons. The summed E-state index contributed by atoms with van der Waals surface area (Å²) in [6.07, 6.45) is 3.43. The van der Waals surface area contributed by atoms with Crippen molar-refractivity contribution in [3.05, 3.63) is 61.2 Å². The van der Waals surface area contributed by atoms with E-state index in [9.17, 15) is 4.79 Å². The summed E-state index contributed by atoms with van der Waals surface area (Å²) in [5.74, 6) is 0.507. The highest BCUT2D eigenvalue weighted by Gasteiger charge is 2.16. The van der Waals surface area contributed by atoms with Crippen LogP contribution in [0.15, 0.2) is 61.2 Å². The first kappa shape index (κ1) is 17.0. The number of fused-ring (bicyclic) bond motifs is 1. The first-order valence-corrected chi connectivity index (χ1v) is 8.77. The minimum atomic E-state index is -0.207. The van der Waals surface area contributed by atoms with E-state index in [1.807, 2.05) is 71.6 Å². The maximum absolute atomic E-state index is 12.7. The Kier molecular flexibility index (Phi) is 4.42. The lowest BCUT2D eigenvalue weighted by atomic mass is 10.1. The number of hydrogen-bond acceptors (Lipinski definition) is 4. The predicted octanol–water partition coefficient (Wildman–Crippen LogP) is 3.11. The molecule has 4 aromatic rings. The largest absolute Gasteiger partial charge is 0.330 e. The predicted molar refractivity (Wildman–Crippen MR) is 104 cm³/mol. The molecule has 1 N–H and O–H groups in total. The zero-order valence-corrected chi connectivity index (χ0v) is 15.2. The van der Waals surface area contributed by atoms with Crippen molar-refractivity contribution in [2.75, 3.05) is 5.32 Å². The van der Waals surface area contributed by atoms with Gasteiger partial charge in [0, 0.05) is 24.8 Å². The summed E-state index contributed by atoms with van der Waals surface area (Å²) < 4.78 is 3.85. The van der Waals surface area contributed by atoms with Crippen molar-refractivity contribution in [1.82, 2.24) is 24.3 Å². The van der Waals surface area contributed by atoms with Crippen LogP contribution in [0.4, 0.5) is 5.69 Å². The van der Waals surface area contributed by atoms with Gasteiger partial charge in [-0.2, -0.15) is 0 Å². The lowest BCUT2D eigenvalue weighted by Gasteiger charge is -2.14. The van der Waals surface area contributed by atoms with Gasteiger partial charge in [0.25, 0.3) is 0 Å². The minimum absolute atomic E-state index is 0.0390. The van der Waals surface area contributed by atoms with E-state index in [1.54, 1.807) is 12.7 Å². The van der Waals surface area contributed by atoms with Gasteiger partial charge in [-0.05, 0) is 24.3 Å². The average Bonchev–Trinajstić information content (AvgIpc) is 3.28. The van der Waals surface area contributed by atoms with E-state index in [0.29, 0.717) is 6.54 Å². The van der Waals surface area contributed by atoms with E-state index in [0.717, 1.165) is 28.1 Å². The Morgan fingerprint density at radius 3 is 2.81 bits per heavy atom. The number of carbonyl (C=O) groups excluding carboxylic acids is 1. The molecule has 0 saturated heterocycles. The van der Waals surface area contributed by atoms with E-state index in [4.69, 9.17) is 0 Å². The maximum Gasteiger partial charge on any atom is 0.229 e.